The summed E-state index contributed by atoms with van der Waals surface area (Å²) < 4.78 is 0. The Morgan fingerprint density at radius 1 is 1.18 bits per heavy atom. The Labute approximate surface area is 131 Å². The minimum absolute atomic E-state index is 0.0715. The van der Waals surface area contributed by atoms with Crippen molar-refractivity contribution in [3.63, 3.8) is 0 Å². The molecule has 0 bridgehead atoms. The Hall–Kier alpha value is -2.17. The number of carbonyl (C=O) groups excluding carboxylic acids is 2. The number of aromatic nitrogens is 1. The van der Waals surface area contributed by atoms with Gasteiger partial charge in [-0.2, -0.15) is 0 Å². The molecule has 22 heavy (non-hydrogen) atoms. The molecule has 1 heterocycles. The van der Waals surface area contributed by atoms with Gasteiger partial charge in [-0.15, -0.1) is 0 Å². The minimum atomic E-state index is -0.168. The van der Waals surface area contributed by atoms with Gasteiger partial charge in [0, 0.05) is 25.6 Å². The molecule has 0 fully saturated rings. The fourth-order valence-corrected chi connectivity index (χ4v) is 2.47. The molecule has 1 aromatic heterocycles. The third-order valence-corrected chi connectivity index (χ3v) is 3.68. The molecule has 0 spiro atoms. The smallest absolute Gasteiger partial charge is 0.224 e. The van der Waals surface area contributed by atoms with Crippen molar-refractivity contribution in [3.8, 4) is 0 Å². The molecule has 0 radical (unpaired) electrons. The molecule has 0 aliphatic heterocycles. The van der Waals surface area contributed by atoms with E-state index in [1.54, 1.807) is 24.5 Å². The fourth-order valence-electron chi connectivity index (χ4n) is 2.47. The van der Waals surface area contributed by atoms with Gasteiger partial charge in [-0.05, 0) is 44.2 Å². The van der Waals surface area contributed by atoms with E-state index in [9.17, 15) is 9.59 Å². The van der Waals surface area contributed by atoms with E-state index in [4.69, 9.17) is 0 Å². The lowest BCUT2D eigenvalue weighted by atomic mass is 9.97. The molecule has 0 atom stereocenters. The standard InChI is InChI=1S/C17H23N3O2/c21-16(19-12-10-14-5-2-1-3-6-14)8-9-17(22)20-15-7-4-11-18-13-15/h4-5,7,11,13H,1-3,6,8-10,12H2,(H,19,21)(H,20,22). The van der Waals surface area contributed by atoms with Crippen LogP contribution in [0.1, 0.15) is 44.9 Å². The molecule has 0 aromatic carbocycles. The summed E-state index contributed by atoms with van der Waals surface area (Å²) >= 11 is 0. The Balaban J connectivity index is 1.59. The lowest BCUT2D eigenvalue weighted by Gasteiger charge is -2.12. The van der Waals surface area contributed by atoms with Crippen molar-refractivity contribution in [2.75, 3.05) is 11.9 Å². The Morgan fingerprint density at radius 2 is 2.05 bits per heavy atom. The van der Waals surface area contributed by atoms with E-state index in [1.807, 2.05) is 0 Å². The molecular weight excluding hydrogens is 278 g/mol. The summed E-state index contributed by atoms with van der Waals surface area (Å²) in [6.07, 6.45) is 11.7. The summed E-state index contributed by atoms with van der Waals surface area (Å²) in [4.78, 5) is 27.3. The molecule has 2 N–H and O–H groups in total. The predicted octanol–water partition coefficient (Wildman–Crippen LogP) is 2.81. The first-order valence-electron chi connectivity index (χ1n) is 7.88. The maximum Gasteiger partial charge on any atom is 0.224 e. The summed E-state index contributed by atoms with van der Waals surface area (Å²) in [7, 11) is 0. The predicted molar refractivity (Wildman–Crippen MR) is 86.3 cm³/mol. The van der Waals surface area contributed by atoms with Crippen LogP contribution in [-0.4, -0.2) is 23.3 Å². The second kappa shape index (κ2) is 8.97. The highest BCUT2D eigenvalue weighted by molar-refractivity contribution is 5.93. The molecule has 1 aliphatic rings. The van der Waals surface area contributed by atoms with Crippen LogP contribution in [0.2, 0.25) is 0 Å². The molecule has 5 nitrogen and oxygen atoms in total. The summed E-state index contributed by atoms with van der Waals surface area (Å²) in [6, 6.07) is 3.52. The Bertz CT molecular complexity index is 526. The van der Waals surface area contributed by atoms with Gasteiger partial charge in [0.2, 0.25) is 11.8 Å². The SMILES string of the molecule is O=C(CCC(=O)Nc1cccnc1)NCCC1=CCCCC1. The first-order chi connectivity index (χ1) is 10.7. The van der Waals surface area contributed by atoms with Gasteiger partial charge in [-0.25, -0.2) is 0 Å². The van der Waals surface area contributed by atoms with Crippen LogP contribution >= 0.6 is 0 Å². The van der Waals surface area contributed by atoms with E-state index in [1.165, 1.54) is 18.4 Å². The van der Waals surface area contributed by atoms with Gasteiger partial charge in [-0.1, -0.05) is 11.6 Å². The van der Waals surface area contributed by atoms with Crippen molar-refractivity contribution < 1.29 is 9.59 Å². The molecule has 2 amide bonds. The molecule has 0 saturated carbocycles. The zero-order valence-electron chi connectivity index (χ0n) is 12.8. The van der Waals surface area contributed by atoms with Crippen LogP contribution < -0.4 is 10.6 Å². The normalized spacial score (nSPS) is 14.1. The van der Waals surface area contributed by atoms with E-state index in [0.717, 1.165) is 19.3 Å². The number of rotatable bonds is 7. The number of anilines is 1. The number of hydrogen-bond donors (Lipinski definition) is 2. The number of allylic oxidation sites excluding steroid dienone is 1. The van der Waals surface area contributed by atoms with Crippen LogP contribution in [0.5, 0.6) is 0 Å². The van der Waals surface area contributed by atoms with Crippen LogP contribution in [0.4, 0.5) is 5.69 Å². The molecule has 118 valence electrons. The van der Waals surface area contributed by atoms with Gasteiger partial charge < -0.3 is 10.6 Å². The maximum absolute atomic E-state index is 11.7. The highest BCUT2D eigenvalue weighted by Gasteiger charge is 2.08. The zero-order chi connectivity index (χ0) is 15.6. The molecule has 5 heteroatoms. The fraction of sp³-hybridized carbons (Fsp3) is 0.471. The van der Waals surface area contributed by atoms with Crippen molar-refractivity contribution in [1.82, 2.24) is 10.3 Å². The van der Waals surface area contributed by atoms with Crippen LogP contribution in [0.25, 0.3) is 0 Å². The highest BCUT2D eigenvalue weighted by atomic mass is 16.2. The lowest BCUT2D eigenvalue weighted by molar-refractivity contribution is -0.124. The Kier molecular flexibility index (Phi) is 6.61. The van der Waals surface area contributed by atoms with Crippen LogP contribution in [0, 0.1) is 0 Å². The van der Waals surface area contributed by atoms with Gasteiger partial charge >= 0.3 is 0 Å². The number of nitrogens with one attached hydrogen (secondary N) is 2. The van der Waals surface area contributed by atoms with Crippen molar-refractivity contribution in [2.24, 2.45) is 0 Å². The summed E-state index contributed by atoms with van der Waals surface area (Å²) in [5.74, 6) is -0.240. The van der Waals surface area contributed by atoms with Gasteiger partial charge in [-0.3, -0.25) is 14.6 Å². The second-order valence-electron chi connectivity index (χ2n) is 5.50. The average Bonchev–Trinajstić information content (AvgIpc) is 2.55. The van der Waals surface area contributed by atoms with E-state index < -0.39 is 0 Å². The summed E-state index contributed by atoms with van der Waals surface area (Å²) in [5, 5.41) is 5.59. The molecular formula is C17H23N3O2. The van der Waals surface area contributed by atoms with Gasteiger partial charge in [0.05, 0.1) is 11.9 Å². The van der Waals surface area contributed by atoms with Gasteiger partial charge in [0.15, 0.2) is 0 Å². The molecule has 1 aliphatic carbocycles. The van der Waals surface area contributed by atoms with E-state index in [2.05, 4.69) is 21.7 Å². The third-order valence-electron chi connectivity index (χ3n) is 3.68. The van der Waals surface area contributed by atoms with Crippen LogP contribution in [0.3, 0.4) is 0 Å². The first kappa shape index (κ1) is 16.2. The van der Waals surface area contributed by atoms with Crippen molar-refractivity contribution in [1.29, 1.82) is 0 Å². The van der Waals surface area contributed by atoms with Gasteiger partial charge in [0.1, 0.15) is 0 Å². The number of carbonyl (C=O) groups is 2. The maximum atomic E-state index is 11.7. The number of pyridine rings is 1. The molecule has 0 unspecified atom stereocenters. The number of nitrogens with zero attached hydrogens (tertiary/aromatic N) is 1. The van der Waals surface area contributed by atoms with Crippen molar-refractivity contribution in [2.45, 2.75) is 44.9 Å². The van der Waals surface area contributed by atoms with Crippen LogP contribution in [0.15, 0.2) is 36.2 Å². The molecule has 1 aromatic rings. The quantitative estimate of drug-likeness (QED) is 0.761. The number of hydrogen-bond acceptors (Lipinski definition) is 3. The van der Waals surface area contributed by atoms with Crippen LogP contribution in [-0.2, 0) is 9.59 Å². The topological polar surface area (TPSA) is 71.1 Å². The van der Waals surface area contributed by atoms with E-state index in [0.29, 0.717) is 12.2 Å². The summed E-state index contributed by atoms with van der Waals surface area (Å²) in [5.41, 5.74) is 2.10. The lowest BCUT2D eigenvalue weighted by Crippen LogP contribution is -2.26. The first-order valence-corrected chi connectivity index (χ1v) is 7.88. The molecule has 0 saturated heterocycles. The minimum Gasteiger partial charge on any atom is -0.356 e. The van der Waals surface area contributed by atoms with E-state index in [-0.39, 0.29) is 24.7 Å². The largest absolute Gasteiger partial charge is 0.356 e. The molecule has 2 rings (SSSR count). The monoisotopic (exact) mass is 301 g/mol. The van der Waals surface area contributed by atoms with Gasteiger partial charge in [0.25, 0.3) is 0 Å². The number of amides is 2. The second-order valence-corrected chi connectivity index (χ2v) is 5.50. The summed E-state index contributed by atoms with van der Waals surface area (Å²) in [6.45, 7) is 0.662. The van der Waals surface area contributed by atoms with Crippen molar-refractivity contribution in [3.05, 3.63) is 36.2 Å². The van der Waals surface area contributed by atoms with E-state index >= 15 is 0 Å². The average molecular weight is 301 g/mol. The Morgan fingerprint density at radius 3 is 2.77 bits per heavy atom. The van der Waals surface area contributed by atoms with Crippen molar-refractivity contribution >= 4 is 17.5 Å². The zero-order valence-corrected chi connectivity index (χ0v) is 12.8. The third kappa shape index (κ3) is 6.08. The highest BCUT2D eigenvalue weighted by Crippen LogP contribution is 2.19.